The van der Waals surface area contributed by atoms with Gasteiger partial charge in [0.2, 0.25) is 5.95 Å². The third-order valence-electron chi connectivity index (χ3n) is 3.30. The molecule has 1 amide bonds. The van der Waals surface area contributed by atoms with Gasteiger partial charge in [0, 0.05) is 6.20 Å². The van der Waals surface area contributed by atoms with Crippen LogP contribution in [0.15, 0.2) is 48.7 Å². The van der Waals surface area contributed by atoms with Crippen LogP contribution >= 0.6 is 0 Å². The summed E-state index contributed by atoms with van der Waals surface area (Å²) in [5.41, 5.74) is 1.14. The topological polar surface area (TPSA) is 117 Å². The van der Waals surface area contributed by atoms with Crippen LogP contribution in [0.25, 0.3) is 11.5 Å². The predicted octanol–water partition coefficient (Wildman–Crippen LogP) is 2.14. The summed E-state index contributed by atoms with van der Waals surface area (Å²) in [6.07, 6.45) is 0.889. The number of benzene rings is 1. The highest BCUT2D eigenvalue weighted by atomic mass is 16.5. The molecule has 8 heteroatoms. The lowest BCUT2D eigenvalue weighted by Gasteiger charge is -2.13. The molecule has 2 aromatic heterocycles. The lowest BCUT2D eigenvalue weighted by Crippen LogP contribution is -2.30. The van der Waals surface area contributed by atoms with Crippen molar-refractivity contribution in [3.63, 3.8) is 0 Å². The van der Waals surface area contributed by atoms with Crippen molar-refractivity contribution in [2.45, 2.75) is 13.0 Å². The Kier molecular flexibility index (Phi) is 4.67. The summed E-state index contributed by atoms with van der Waals surface area (Å²) in [6.45, 7) is 1.61. The molecule has 0 radical (unpaired) electrons. The molecule has 0 saturated carbocycles. The van der Waals surface area contributed by atoms with Gasteiger partial charge in [-0.25, -0.2) is 0 Å². The molecule has 0 saturated heterocycles. The van der Waals surface area contributed by atoms with Gasteiger partial charge in [-0.1, -0.05) is 6.07 Å². The van der Waals surface area contributed by atoms with Crippen LogP contribution in [0, 0.1) is 11.3 Å². The number of nitrogens with zero attached hydrogens (tertiary/aromatic N) is 4. The second kappa shape index (κ2) is 7.23. The van der Waals surface area contributed by atoms with E-state index in [4.69, 9.17) is 10.00 Å². The first-order valence-electron chi connectivity index (χ1n) is 7.47. The van der Waals surface area contributed by atoms with Crippen molar-refractivity contribution in [1.29, 1.82) is 5.26 Å². The molecule has 0 aliphatic rings. The van der Waals surface area contributed by atoms with E-state index in [1.54, 1.807) is 49.5 Å². The van der Waals surface area contributed by atoms with E-state index in [0.29, 0.717) is 22.8 Å². The van der Waals surface area contributed by atoms with Crippen molar-refractivity contribution in [2.75, 3.05) is 5.32 Å². The summed E-state index contributed by atoms with van der Waals surface area (Å²) < 4.78 is 5.54. The minimum atomic E-state index is -0.753. The fourth-order valence-corrected chi connectivity index (χ4v) is 2.02. The van der Waals surface area contributed by atoms with Crippen LogP contribution in [0.3, 0.4) is 0 Å². The number of hydrogen-bond acceptors (Lipinski definition) is 6. The van der Waals surface area contributed by atoms with E-state index < -0.39 is 6.10 Å². The van der Waals surface area contributed by atoms with Gasteiger partial charge < -0.3 is 9.72 Å². The Morgan fingerprint density at radius 3 is 2.72 bits per heavy atom. The summed E-state index contributed by atoms with van der Waals surface area (Å²) >= 11 is 0. The highest BCUT2D eigenvalue weighted by Crippen LogP contribution is 2.15. The Hall–Kier alpha value is -3.73. The number of carbonyl (C=O) groups is 1. The maximum atomic E-state index is 12.2. The number of carbonyl (C=O) groups excluding carboxylic acids is 1. The molecule has 124 valence electrons. The number of nitrogens with one attached hydrogen (secondary N) is 2. The van der Waals surface area contributed by atoms with Crippen LogP contribution < -0.4 is 10.1 Å². The molecule has 25 heavy (non-hydrogen) atoms. The average molecular weight is 334 g/mol. The second-order valence-electron chi connectivity index (χ2n) is 5.12. The minimum absolute atomic E-state index is 0.209. The summed E-state index contributed by atoms with van der Waals surface area (Å²) in [5.74, 6) is 0.777. The zero-order valence-corrected chi connectivity index (χ0v) is 13.3. The van der Waals surface area contributed by atoms with Gasteiger partial charge in [0.1, 0.15) is 11.4 Å². The van der Waals surface area contributed by atoms with Crippen LogP contribution in [0.2, 0.25) is 0 Å². The molecule has 3 aromatic rings. The number of nitriles is 1. The van der Waals surface area contributed by atoms with Crippen molar-refractivity contribution in [2.24, 2.45) is 0 Å². The summed E-state index contributed by atoms with van der Waals surface area (Å²) in [4.78, 5) is 19.2. The number of ether oxygens (including phenoxy) is 1. The monoisotopic (exact) mass is 334 g/mol. The maximum absolute atomic E-state index is 12.2. The molecule has 1 aromatic carbocycles. The van der Waals surface area contributed by atoms with E-state index >= 15 is 0 Å². The zero-order chi connectivity index (χ0) is 17.6. The number of H-pyrrole nitrogens is 1. The summed E-state index contributed by atoms with van der Waals surface area (Å²) in [6, 6.07) is 13.9. The van der Waals surface area contributed by atoms with Crippen molar-refractivity contribution in [3.8, 4) is 23.3 Å². The van der Waals surface area contributed by atoms with Crippen LogP contribution in [0.5, 0.6) is 5.75 Å². The number of amides is 1. The molecule has 1 atom stereocenters. The number of anilines is 1. The molecule has 8 nitrogen and oxygen atoms in total. The average Bonchev–Trinajstić information content (AvgIpc) is 3.11. The standard InChI is InChI=1S/C17H14N6O2/c1-11(25-13-7-5-12(10-18)6-8-13)16(24)21-17-20-15(22-23-17)14-4-2-3-9-19-14/h2-9,11H,1H3,(H2,20,21,22,23,24). The van der Waals surface area contributed by atoms with E-state index in [-0.39, 0.29) is 11.9 Å². The van der Waals surface area contributed by atoms with Crippen molar-refractivity contribution >= 4 is 11.9 Å². The molecule has 3 rings (SSSR count). The Morgan fingerprint density at radius 2 is 2.04 bits per heavy atom. The largest absolute Gasteiger partial charge is 0.481 e. The first-order chi connectivity index (χ1) is 12.2. The normalized spacial score (nSPS) is 11.4. The van der Waals surface area contributed by atoms with E-state index in [1.165, 1.54) is 0 Å². The van der Waals surface area contributed by atoms with E-state index in [9.17, 15) is 4.79 Å². The maximum Gasteiger partial charge on any atom is 0.267 e. The van der Waals surface area contributed by atoms with Crippen molar-refractivity contribution in [1.82, 2.24) is 20.2 Å². The fourth-order valence-electron chi connectivity index (χ4n) is 2.02. The first-order valence-corrected chi connectivity index (χ1v) is 7.47. The third kappa shape index (κ3) is 3.97. The lowest BCUT2D eigenvalue weighted by molar-refractivity contribution is -0.122. The number of pyridine rings is 1. The van der Waals surface area contributed by atoms with Crippen molar-refractivity contribution in [3.05, 3.63) is 54.2 Å². The predicted molar refractivity (Wildman–Crippen MR) is 89.5 cm³/mol. The Labute approximate surface area is 143 Å². The fraction of sp³-hybridized carbons (Fsp3) is 0.118. The zero-order valence-electron chi connectivity index (χ0n) is 13.3. The quantitative estimate of drug-likeness (QED) is 0.738. The highest BCUT2D eigenvalue weighted by Gasteiger charge is 2.17. The SMILES string of the molecule is CC(Oc1ccc(C#N)cc1)C(=O)Nc1nnc(-c2ccccn2)[nH]1. The molecule has 2 N–H and O–H groups in total. The van der Waals surface area contributed by atoms with Gasteiger partial charge in [-0.3, -0.25) is 15.1 Å². The molecule has 0 aliphatic carbocycles. The Morgan fingerprint density at radius 1 is 1.24 bits per heavy atom. The summed E-state index contributed by atoms with van der Waals surface area (Å²) in [5, 5.41) is 19.2. The third-order valence-corrected chi connectivity index (χ3v) is 3.30. The molecular weight excluding hydrogens is 320 g/mol. The van der Waals surface area contributed by atoms with E-state index in [1.807, 2.05) is 12.1 Å². The molecule has 0 bridgehead atoms. The van der Waals surface area contributed by atoms with E-state index in [2.05, 4.69) is 25.5 Å². The minimum Gasteiger partial charge on any atom is -0.481 e. The van der Waals surface area contributed by atoms with Gasteiger partial charge in [-0.2, -0.15) is 5.26 Å². The van der Waals surface area contributed by atoms with Gasteiger partial charge in [0.15, 0.2) is 11.9 Å². The molecule has 2 heterocycles. The highest BCUT2D eigenvalue weighted by molar-refractivity contribution is 5.92. The number of aromatic nitrogens is 4. The van der Waals surface area contributed by atoms with Crippen LogP contribution in [-0.2, 0) is 4.79 Å². The molecular formula is C17H14N6O2. The Bertz CT molecular complexity index is 899. The Balaban J connectivity index is 1.61. The molecule has 0 fully saturated rings. The number of rotatable bonds is 5. The van der Waals surface area contributed by atoms with Crippen molar-refractivity contribution < 1.29 is 9.53 Å². The molecule has 1 unspecified atom stereocenters. The second-order valence-corrected chi connectivity index (χ2v) is 5.12. The first kappa shape index (κ1) is 16.1. The van der Waals surface area contributed by atoms with Gasteiger partial charge >= 0.3 is 0 Å². The van der Waals surface area contributed by atoms with Gasteiger partial charge in [-0.05, 0) is 43.3 Å². The summed E-state index contributed by atoms with van der Waals surface area (Å²) in [7, 11) is 0. The van der Waals surface area contributed by atoms with Crippen LogP contribution in [-0.4, -0.2) is 32.2 Å². The molecule has 0 spiro atoms. The van der Waals surface area contributed by atoms with E-state index in [0.717, 1.165) is 0 Å². The lowest BCUT2D eigenvalue weighted by atomic mass is 10.2. The van der Waals surface area contributed by atoms with Crippen LogP contribution in [0.4, 0.5) is 5.95 Å². The number of hydrogen-bond donors (Lipinski definition) is 2. The number of aromatic amines is 1. The van der Waals surface area contributed by atoms with Gasteiger partial charge in [0.05, 0.1) is 11.6 Å². The smallest absolute Gasteiger partial charge is 0.267 e. The van der Waals surface area contributed by atoms with Crippen LogP contribution in [0.1, 0.15) is 12.5 Å². The van der Waals surface area contributed by atoms with Gasteiger partial charge in [0.25, 0.3) is 5.91 Å². The van der Waals surface area contributed by atoms with Gasteiger partial charge in [-0.15, -0.1) is 10.2 Å². The molecule has 0 aliphatic heterocycles.